The van der Waals surface area contributed by atoms with Gasteiger partial charge in [-0.05, 0) is 12.8 Å². The first kappa shape index (κ1) is 9.65. The molecular weight excluding hydrogens is 198 g/mol. The normalized spacial score (nSPS) is 18.3. The van der Waals surface area contributed by atoms with Gasteiger partial charge in [-0.15, -0.1) is 0 Å². The zero-order valence-electron chi connectivity index (χ0n) is 7.91. The van der Waals surface area contributed by atoms with Crippen LogP contribution in [0.1, 0.15) is 42.6 Å². The topological polar surface area (TPSA) is 49.9 Å². The summed E-state index contributed by atoms with van der Waals surface area (Å²) >= 11 is 1.06. The summed E-state index contributed by atoms with van der Waals surface area (Å²) in [4.78, 5) is 25.2. The van der Waals surface area contributed by atoms with E-state index in [1.54, 1.807) is 5.38 Å². The Labute approximate surface area is 86.2 Å². The first-order valence-corrected chi connectivity index (χ1v) is 5.87. The minimum Gasteiger partial charge on any atom is -0.310 e. The van der Waals surface area contributed by atoms with E-state index in [-0.39, 0.29) is 16.6 Å². The lowest BCUT2D eigenvalue weighted by Crippen LogP contribution is -2.18. The molecule has 1 heterocycles. The van der Waals surface area contributed by atoms with Crippen molar-refractivity contribution in [3.8, 4) is 0 Å². The number of carbonyl (C=O) groups excluding carboxylic acids is 1. The third-order valence-electron chi connectivity index (χ3n) is 2.76. The fraction of sp³-hybridized carbons (Fsp3) is 0.600. The summed E-state index contributed by atoms with van der Waals surface area (Å²) < 4.78 is 0. The SMILES string of the molecule is O=C(c1csc(=O)[nH]1)C1CCCCC1. The third-order valence-corrected chi connectivity index (χ3v) is 3.43. The lowest BCUT2D eigenvalue weighted by molar-refractivity contribution is 0.0885. The Morgan fingerprint density at radius 1 is 1.36 bits per heavy atom. The van der Waals surface area contributed by atoms with Crippen molar-refractivity contribution < 1.29 is 4.79 Å². The molecule has 0 aliphatic heterocycles. The molecule has 2 rings (SSSR count). The van der Waals surface area contributed by atoms with Crippen LogP contribution in [0.25, 0.3) is 0 Å². The smallest absolute Gasteiger partial charge is 0.305 e. The predicted molar refractivity (Wildman–Crippen MR) is 55.8 cm³/mol. The van der Waals surface area contributed by atoms with Gasteiger partial charge < -0.3 is 4.98 Å². The predicted octanol–water partition coefficient (Wildman–Crippen LogP) is 2.20. The van der Waals surface area contributed by atoms with Crippen molar-refractivity contribution >= 4 is 17.1 Å². The maximum Gasteiger partial charge on any atom is 0.305 e. The third kappa shape index (κ3) is 1.95. The van der Waals surface area contributed by atoms with E-state index in [1.165, 1.54) is 6.42 Å². The number of hydrogen-bond acceptors (Lipinski definition) is 3. The molecule has 4 heteroatoms. The minimum atomic E-state index is -0.135. The van der Waals surface area contributed by atoms with Crippen molar-refractivity contribution in [2.75, 3.05) is 0 Å². The van der Waals surface area contributed by atoms with Crippen molar-refractivity contribution in [3.05, 3.63) is 20.7 Å². The van der Waals surface area contributed by atoms with E-state index in [0.29, 0.717) is 5.69 Å². The largest absolute Gasteiger partial charge is 0.310 e. The van der Waals surface area contributed by atoms with E-state index in [4.69, 9.17) is 0 Å². The van der Waals surface area contributed by atoms with E-state index in [0.717, 1.165) is 37.0 Å². The molecule has 0 saturated heterocycles. The van der Waals surface area contributed by atoms with Gasteiger partial charge in [0.05, 0.1) is 5.69 Å². The average Bonchev–Trinajstić information content (AvgIpc) is 2.65. The van der Waals surface area contributed by atoms with Gasteiger partial charge in [-0.1, -0.05) is 30.6 Å². The van der Waals surface area contributed by atoms with Crippen LogP contribution in [-0.2, 0) is 0 Å². The monoisotopic (exact) mass is 211 g/mol. The summed E-state index contributed by atoms with van der Waals surface area (Å²) in [6, 6.07) is 0. The van der Waals surface area contributed by atoms with Gasteiger partial charge in [-0.2, -0.15) is 0 Å². The molecule has 3 nitrogen and oxygen atoms in total. The summed E-state index contributed by atoms with van der Waals surface area (Å²) in [5.41, 5.74) is 0.506. The molecule has 0 atom stereocenters. The molecule has 1 N–H and O–H groups in total. The van der Waals surface area contributed by atoms with Gasteiger partial charge in [0.15, 0.2) is 5.78 Å². The maximum atomic E-state index is 11.8. The molecule has 14 heavy (non-hydrogen) atoms. The number of ketones is 1. The van der Waals surface area contributed by atoms with Crippen LogP contribution in [0.5, 0.6) is 0 Å². The zero-order chi connectivity index (χ0) is 9.97. The second-order valence-corrected chi connectivity index (χ2v) is 4.60. The molecule has 0 aromatic carbocycles. The number of aromatic nitrogens is 1. The maximum absolute atomic E-state index is 11.8. The Bertz CT molecular complexity index is 373. The van der Waals surface area contributed by atoms with Gasteiger partial charge in [0.25, 0.3) is 0 Å². The molecule has 1 aromatic heterocycles. The van der Waals surface area contributed by atoms with Crippen LogP contribution in [0, 0.1) is 5.92 Å². The second-order valence-electron chi connectivity index (χ2n) is 3.76. The Balaban J connectivity index is 2.10. The molecule has 0 unspecified atom stereocenters. The summed E-state index contributed by atoms with van der Waals surface area (Å²) in [6.07, 6.45) is 5.49. The number of aromatic amines is 1. The van der Waals surface area contributed by atoms with Crippen molar-refractivity contribution in [2.24, 2.45) is 5.92 Å². The lowest BCUT2D eigenvalue weighted by atomic mass is 9.85. The highest BCUT2D eigenvalue weighted by atomic mass is 32.1. The number of hydrogen-bond donors (Lipinski definition) is 1. The number of thiazole rings is 1. The van der Waals surface area contributed by atoms with Crippen LogP contribution in [0.2, 0.25) is 0 Å². The van der Waals surface area contributed by atoms with Crippen LogP contribution in [-0.4, -0.2) is 10.8 Å². The standard InChI is InChI=1S/C10H13NO2S/c12-9(7-4-2-1-3-5-7)8-6-14-10(13)11-8/h6-7H,1-5H2,(H,11,13). The molecule has 0 bridgehead atoms. The Hall–Kier alpha value is -0.900. The van der Waals surface area contributed by atoms with Crippen LogP contribution >= 0.6 is 11.3 Å². The zero-order valence-corrected chi connectivity index (χ0v) is 8.73. The molecule has 1 aliphatic rings. The van der Waals surface area contributed by atoms with Crippen LogP contribution in [0.4, 0.5) is 0 Å². The molecule has 0 amide bonds. The van der Waals surface area contributed by atoms with Crippen LogP contribution in [0.3, 0.4) is 0 Å². The average molecular weight is 211 g/mol. The van der Waals surface area contributed by atoms with Gasteiger partial charge in [0.2, 0.25) is 0 Å². The van der Waals surface area contributed by atoms with Crippen molar-refractivity contribution in [2.45, 2.75) is 32.1 Å². The molecule has 1 aliphatic carbocycles. The van der Waals surface area contributed by atoms with Crippen LogP contribution in [0.15, 0.2) is 10.2 Å². The number of nitrogens with one attached hydrogen (secondary N) is 1. The lowest BCUT2D eigenvalue weighted by Gasteiger charge is -2.19. The highest BCUT2D eigenvalue weighted by Crippen LogP contribution is 2.26. The molecular formula is C10H13NO2S. The first-order valence-electron chi connectivity index (χ1n) is 4.99. The molecule has 1 fully saturated rings. The number of Topliss-reactive ketones (excluding diaryl/α,β-unsaturated/α-hetero) is 1. The fourth-order valence-electron chi connectivity index (χ4n) is 1.99. The summed E-state index contributed by atoms with van der Waals surface area (Å²) in [5, 5.41) is 1.64. The van der Waals surface area contributed by atoms with Crippen molar-refractivity contribution in [1.82, 2.24) is 4.98 Å². The number of rotatable bonds is 2. The van der Waals surface area contributed by atoms with E-state index < -0.39 is 0 Å². The summed E-state index contributed by atoms with van der Waals surface area (Å²) in [6.45, 7) is 0. The van der Waals surface area contributed by atoms with Gasteiger partial charge >= 0.3 is 4.87 Å². The minimum absolute atomic E-state index is 0.128. The Kier molecular flexibility index (Phi) is 2.82. The van der Waals surface area contributed by atoms with Gasteiger partial charge in [-0.3, -0.25) is 9.59 Å². The molecule has 1 saturated carbocycles. The Morgan fingerprint density at radius 2 is 2.07 bits per heavy atom. The Morgan fingerprint density at radius 3 is 2.64 bits per heavy atom. The van der Waals surface area contributed by atoms with E-state index in [1.807, 2.05) is 0 Å². The van der Waals surface area contributed by atoms with E-state index in [9.17, 15) is 9.59 Å². The molecule has 1 aromatic rings. The number of carbonyl (C=O) groups is 1. The van der Waals surface area contributed by atoms with Gasteiger partial charge in [0, 0.05) is 11.3 Å². The van der Waals surface area contributed by atoms with Crippen molar-refractivity contribution in [1.29, 1.82) is 0 Å². The fourth-order valence-corrected chi connectivity index (χ4v) is 2.55. The molecule has 76 valence electrons. The van der Waals surface area contributed by atoms with E-state index in [2.05, 4.69) is 4.98 Å². The molecule has 0 radical (unpaired) electrons. The number of H-pyrrole nitrogens is 1. The summed E-state index contributed by atoms with van der Waals surface area (Å²) in [7, 11) is 0. The summed E-state index contributed by atoms with van der Waals surface area (Å²) in [5.74, 6) is 0.275. The first-order chi connectivity index (χ1) is 6.77. The highest BCUT2D eigenvalue weighted by Gasteiger charge is 2.23. The molecule has 0 spiro atoms. The second kappa shape index (κ2) is 4.09. The highest BCUT2D eigenvalue weighted by molar-refractivity contribution is 7.07. The van der Waals surface area contributed by atoms with Crippen LogP contribution < -0.4 is 4.87 Å². The van der Waals surface area contributed by atoms with Gasteiger partial charge in [0.1, 0.15) is 0 Å². The quantitative estimate of drug-likeness (QED) is 0.762. The van der Waals surface area contributed by atoms with Gasteiger partial charge in [-0.25, -0.2) is 0 Å². The van der Waals surface area contributed by atoms with Crippen molar-refractivity contribution in [3.63, 3.8) is 0 Å². The van der Waals surface area contributed by atoms with E-state index >= 15 is 0 Å².